The molecule has 1 aromatic rings. The van der Waals surface area contributed by atoms with E-state index < -0.39 is 35.6 Å². The number of halogens is 2. The Labute approximate surface area is 142 Å². The van der Waals surface area contributed by atoms with Crippen LogP contribution in [0.2, 0.25) is 0 Å². The fourth-order valence-electron chi connectivity index (χ4n) is 2.59. The molecule has 0 saturated heterocycles. The summed E-state index contributed by atoms with van der Waals surface area (Å²) in [6, 6.07) is 0.758. The van der Waals surface area contributed by atoms with Gasteiger partial charge in [0.05, 0.1) is 25.0 Å². The predicted molar refractivity (Wildman–Crippen MR) is 81.1 cm³/mol. The minimum atomic E-state index is -1.28. The van der Waals surface area contributed by atoms with Crippen LogP contribution in [0.4, 0.5) is 13.6 Å². The van der Waals surface area contributed by atoms with Gasteiger partial charge in [-0.3, -0.25) is 9.69 Å². The molecule has 0 spiro atoms. The lowest BCUT2D eigenvalue weighted by atomic mass is 9.93. The largest absolute Gasteiger partial charge is 0.466 e. The van der Waals surface area contributed by atoms with Crippen LogP contribution in [-0.4, -0.2) is 43.6 Å². The highest BCUT2D eigenvalue weighted by Crippen LogP contribution is 2.35. The van der Waals surface area contributed by atoms with Crippen molar-refractivity contribution < 1.29 is 32.6 Å². The average Bonchev–Trinajstić information content (AvgIpc) is 2.56. The summed E-state index contributed by atoms with van der Waals surface area (Å²) in [5, 5.41) is 2.39. The summed E-state index contributed by atoms with van der Waals surface area (Å²) in [6.07, 6.45) is 0. The maximum atomic E-state index is 13.7. The SMILES string of the molecule is COCC1=C(C(=O)OC)[C@H](c2ccc(F)c(F)c2)N(C(C)=O)C(=O)N1. The Morgan fingerprint density at radius 2 is 1.92 bits per heavy atom. The number of nitrogens with one attached hydrogen (secondary N) is 1. The number of urea groups is 1. The second kappa shape index (κ2) is 7.39. The van der Waals surface area contributed by atoms with E-state index in [9.17, 15) is 23.2 Å². The number of imide groups is 1. The van der Waals surface area contributed by atoms with Crippen molar-refractivity contribution in [3.63, 3.8) is 0 Å². The van der Waals surface area contributed by atoms with Crippen molar-refractivity contribution in [3.05, 3.63) is 46.7 Å². The van der Waals surface area contributed by atoms with E-state index in [2.05, 4.69) is 5.32 Å². The van der Waals surface area contributed by atoms with Gasteiger partial charge in [-0.25, -0.2) is 18.4 Å². The second-order valence-electron chi connectivity index (χ2n) is 5.21. The first-order chi connectivity index (χ1) is 11.8. The van der Waals surface area contributed by atoms with E-state index in [1.165, 1.54) is 13.2 Å². The summed E-state index contributed by atoms with van der Waals surface area (Å²) in [5.41, 5.74) is 0.00898. The first-order valence-corrected chi connectivity index (χ1v) is 7.17. The number of carbonyl (C=O) groups excluding carboxylic acids is 3. The van der Waals surface area contributed by atoms with E-state index in [0.717, 1.165) is 31.1 Å². The van der Waals surface area contributed by atoms with Crippen molar-refractivity contribution in [2.75, 3.05) is 20.8 Å². The quantitative estimate of drug-likeness (QED) is 0.831. The molecule has 1 aliphatic heterocycles. The zero-order valence-electron chi connectivity index (χ0n) is 13.8. The third-order valence-corrected chi connectivity index (χ3v) is 3.63. The van der Waals surface area contributed by atoms with Gasteiger partial charge in [-0.1, -0.05) is 6.07 Å². The Hall–Kier alpha value is -2.81. The molecule has 2 rings (SSSR count). The maximum Gasteiger partial charge on any atom is 0.338 e. The third-order valence-electron chi connectivity index (χ3n) is 3.63. The molecule has 1 N–H and O–H groups in total. The van der Waals surface area contributed by atoms with Crippen LogP contribution in [0.1, 0.15) is 18.5 Å². The normalized spacial score (nSPS) is 17.4. The topological polar surface area (TPSA) is 84.9 Å². The molecule has 0 radical (unpaired) electrons. The first kappa shape index (κ1) is 18.5. The molecule has 0 unspecified atom stereocenters. The van der Waals surface area contributed by atoms with Gasteiger partial charge in [0.15, 0.2) is 11.6 Å². The van der Waals surface area contributed by atoms with Crippen LogP contribution < -0.4 is 5.32 Å². The Kier molecular flexibility index (Phi) is 5.48. The standard InChI is InChI=1S/C16H16F2N2O5/c1-8(21)20-14(9-4-5-10(17)11(18)6-9)13(15(22)25-3)12(7-24-2)19-16(20)23/h4-6,14H,7H2,1-3H3,(H,19,23)/t14-/m0/s1. The van der Waals surface area contributed by atoms with Gasteiger partial charge in [-0.05, 0) is 17.7 Å². The molecular weight excluding hydrogens is 338 g/mol. The van der Waals surface area contributed by atoms with Crippen molar-refractivity contribution >= 4 is 17.9 Å². The minimum absolute atomic E-state index is 0.0398. The number of nitrogens with zero attached hydrogens (tertiary/aromatic N) is 1. The molecule has 134 valence electrons. The number of carbonyl (C=O) groups is 3. The Bertz CT molecular complexity index is 763. The van der Waals surface area contributed by atoms with Crippen LogP contribution in [-0.2, 0) is 19.1 Å². The summed E-state index contributed by atoms with van der Waals surface area (Å²) in [5.74, 6) is -3.80. The Morgan fingerprint density at radius 1 is 1.24 bits per heavy atom. The summed E-state index contributed by atoms with van der Waals surface area (Å²) < 4.78 is 36.6. The first-order valence-electron chi connectivity index (χ1n) is 7.17. The molecule has 1 atom stereocenters. The molecule has 0 aromatic heterocycles. The van der Waals surface area contributed by atoms with E-state index in [-0.39, 0.29) is 23.4 Å². The molecule has 9 heteroatoms. The highest BCUT2D eigenvalue weighted by Gasteiger charge is 2.41. The van der Waals surface area contributed by atoms with Crippen LogP contribution in [0.3, 0.4) is 0 Å². The van der Waals surface area contributed by atoms with E-state index >= 15 is 0 Å². The van der Waals surface area contributed by atoms with Crippen LogP contribution in [0.25, 0.3) is 0 Å². The number of hydrogen-bond acceptors (Lipinski definition) is 5. The van der Waals surface area contributed by atoms with Gasteiger partial charge in [-0.15, -0.1) is 0 Å². The summed E-state index contributed by atoms with van der Waals surface area (Å²) in [6.45, 7) is 0.963. The number of benzene rings is 1. The van der Waals surface area contributed by atoms with Crippen molar-refractivity contribution in [3.8, 4) is 0 Å². The Morgan fingerprint density at radius 3 is 2.44 bits per heavy atom. The lowest BCUT2D eigenvalue weighted by Gasteiger charge is -2.36. The lowest BCUT2D eigenvalue weighted by Crippen LogP contribution is -2.51. The van der Waals surface area contributed by atoms with Gasteiger partial charge in [0, 0.05) is 14.0 Å². The number of esters is 1. The van der Waals surface area contributed by atoms with E-state index in [1.807, 2.05) is 0 Å². The average molecular weight is 354 g/mol. The molecule has 0 bridgehead atoms. The lowest BCUT2D eigenvalue weighted by molar-refractivity contribution is -0.137. The van der Waals surface area contributed by atoms with E-state index in [0.29, 0.717) is 0 Å². The van der Waals surface area contributed by atoms with Gasteiger partial charge in [-0.2, -0.15) is 0 Å². The van der Waals surface area contributed by atoms with Crippen LogP contribution >= 0.6 is 0 Å². The molecule has 0 fully saturated rings. The highest BCUT2D eigenvalue weighted by atomic mass is 19.2. The van der Waals surface area contributed by atoms with Crippen molar-refractivity contribution in [1.29, 1.82) is 0 Å². The summed E-state index contributed by atoms with van der Waals surface area (Å²) in [4.78, 5) is 37.3. The molecule has 1 aromatic carbocycles. The van der Waals surface area contributed by atoms with Crippen LogP contribution in [0, 0.1) is 11.6 Å². The molecular formula is C16H16F2N2O5. The van der Waals surface area contributed by atoms with Gasteiger partial charge in [0.2, 0.25) is 5.91 Å². The van der Waals surface area contributed by atoms with Gasteiger partial charge < -0.3 is 14.8 Å². The predicted octanol–water partition coefficient (Wildman–Crippen LogP) is 1.65. The van der Waals surface area contributed by atoms with Gasteiger partial charge in [0.25, 0.3) is 0 Å². The van der Waals surface area contributed by atoms with Gasteiger partial charge in [0.1, 0.15) is 6.04 Å². The van der Waals surface area contributed by atoms with Crippen molar-refractivity contribution in [2.24, 2.45) is 0 Å². The molecule has 1 aliphatic rings. The smallest absolute Gasteiger partial charge is 0.338 e. The number of rotatable bonds is 4. The Balaban J connectivity index is 2.72. The monoisotopic (exact) mass is 354 g/mol. The summed E-state index contributed by atoms with van der Waals surface area (Å²) >= 11 is 0. The zero-order chi connectivity index (χ0) is 18.7. The zero-order valence-corrected chi connectivity index (χ0v) is 13.8. The highest BCUT2D eigenvalue weighted by molar-refractivity contribution is 6.01. The number of ether oxygens (including phenoxy) is 2. The maximum absolute atomic E-state index is 13.7. The van der Waals surface area contributed by atoms with Crippen LogP contribution in [0.5, 0.6) is 0 Å². The number of amides is 3. The molecule has 25 heavy (non-hydrogen) atoms. The van der Waals surface area contributed by atoms with Crippen molar-refractivity contribution in [2.45, 2.75) is 13.0 Å². The minimum Gasteiger partial charge on any atom is -0.466 e. The van der Waals surface area contributed by atoms with E-state index in [1.54, 1.807) is 0 Å². The molecule has 0 saturated carbocycles. The summed E-state index contributed by atoms with van der Waals surface area (Å²) in [7, 11) is 2.47. The molecule has 0 aliphatic carbocycles. The van der Waals surface area contributed by atoms with Gasteiger partial charge >= 0.3 is 12.0 Å². The number of methoxy groups -OCH3 is 2. The van der Waals surface area contributed by atoms with Crippen molar-refractivity contribution in [1.82, 2.24) is 10.2 Å². The fraction of sp³-hybridized carbons (Fsp3) is 0.312. The molecule has 7 nitrogen and oxygen atoms in total. The molecule has 1 heterocycles. The van der Waals surface area contributed by atoms with E-state index in [4.69, 9.17) is 9.47 Å². The third kappa shape index (κ3) is 3.50. The van der Waals surface area contributed by atoms with Crippen LogP contribution in [0.15, 0.2) is 29.5 Å². The second-order valence-corrected chi connectivity index (χ2v) is 5.21. The molecule has 3 amide bonds. The number of hydrogen-bond donors (Lipinski definition) is 1. The fourth-order valence-corrected chi connectivity index (χ4v) is 2.59.